The highest BCUT2D eigenvalue weighted by atomic mass is 79.9. The molecule has 64 valence electrons. The lowest BCUT2D eigenvalue weighted by atomic mass is 10.3. The summed E-state index contributed by atoms with van der Waals surface area (Å²) in [5, 5.41) is 12.0. The van der Waals surface area contributed by atoms with E-state index in [0.717, 1.165) is 15.6 Å². The van der Waals surface area contributed by atoms with Crippen molar-refractivity contribution >= 4 is 23.2 Å². The molecule has 1 aliphatic heterocycles. The Hall–Kier alpha value is -0.870. The van der Waals surface area contributed by atoms with Crippen molar-refractivity contribution in [3.05, 3.63) is 34.8 Å². The second-order valence-electron chi connectivity index (χ2n) is 2.43. The van der Waals surface area contributed by atoms with Crippen molar-refractivity contribution in [1.29, 1.82) is 0 Å². The topological polar surface area (TPSA) is 35.8 Å². The van der Waals surface area contributed by atoms with Crippen LogP contribution in [0.25, 0.3) is 6.20 Å². The number of fused-ring (bicyclic) bond motifs is 1. The summed E-state index contributed by atoms with van der Waals surface area (Å²) in [5.41, 5.74) is 0. The van der Waals surface area contributed by atoms with Gasteiger partial charge in [0.15, 0.2) is 0 Å². The van der Waals surface area contributed by atoms with Crippen LogP contribution >= 0.6 is 17.0 Å². The molecule has 1 heterocycles. The van der Waals surface area contributed by atoms with E-state index < -0.39 is 0 Å². The molecule has 1 aliphatic rings. The predicted molar refractivity (Wildman–Crippen MR) is 50.5 cm³/mol. The number of hydrogen-bond acceptors (Lipinski definition) is 3. The quantitative estimate of drug-likeness (QED) is 0.693. The molecule has 0 spiro atoms. The number of hydroxylamine groups is 2. The first-order chi connectivity index (χ1) is 5.36. The summed E-state index contributed by atoms with van der Waals surface area (Å²) in [6.45, 7) is 0.330. The van der Waals surface area contributed by atoms with Gasteiger partial charge in [0.2, 0.25) is 0 Å². The van der Waals surface area contributed by atoms with Crippen molar-refractivity contribution in [2.75, 3.05) is 6.67 Å². The van der Waals surface area contributed by atoms with Crippen LogP contribution in [-0.2, 0) is 0 Å². The van der Waals surface area contributed by atoms with Crippen molar-refractivity contribution in [3.8, 4) is 0 Å². The average molecular weight is 229 g/mol. The molecule has 0 aromatic heterocycles. The largest absolute Gasteiger partial charge is 0.287 e. The fourth-order valence-corrected chi connectivity index (χ4v) is 1.09. The third-order valence-electron chi connectivity index (χ3n) is 1.61. The van der Waals surface area contributed by atoms with E-state index in [-0.39, 0.29) is 17.0 Å². The molecule has 0 bridgehead atoms. The number of para-hydroxylation sites is 1. The normalized spacial score (nSPS) is 13.6. The third kappa shape index (κ3) is 1.65. The molecule has 4 heteroatoms. The third-order valence-corrected chi connectivity index (χ3v) is 1.61. The fourth-order valence-electron chi connectivity index (χ4n) is 1.09. The molecule has 0 amide bonds. The fraction of sp³-hybridized carbons (Fsp3) is 0.125. The minimum absolute atomic E-state index is 0. The van der Waals surface area contributed by atoms with Gasteiger partial charge in [-0.25, -0.2) is 5.06 Å². The molecule has 0 unspecified atom stereocenters. The van der Waals surface area contributed by atoms with Crippen LogP contribution in [0.5, 0.6) is 0 Å². The first-order valence-corrected chi connectivity index (χ1v) is 3.43. The van der Waals surface area contributed by atoms with Gasteiger partial charge < -0.3 is 0 Å². The molecule has 0 fully saturated rings. The summed E-state index contributed by atoms with van der Waals surface area (Å²) in [5.74, 6) is 0. The smallest absolute Gasteiger partial charge is 0.135 e. The molecule has 0 aliphatic carbocycles. The van der Waals surface area contributed by atoms with E-state index in [2.05, 4.69) is 4.99 Å². The molecular formula is C8H9BrN2O. The Morgan fingerprint density at radius 2 is 2.08 bits per heavy atom. The van der Waals surface area contributed by atoms with E-state index >= 15 is 0 Å². The zero-order valence-corrected chi connectivity index (χ0v) is 8.06. The Balaban J connectivity index is 0.000000720. The Morgan fingerprint density at radius 1 is 1.33 bits per heavy atom. The molecule has 2 rings (SSSR count). The Morgan fingerprint density at radius 3 is 2.92 bits per heavy atom. The molecule has 1 N–H and O–H groups in total. The highest BCUT2D eigenvalue weighted by Crippen LogP contribution is 1.85. The van der Waals surface area contributed by atoms with Gasteiger partial charge in [0.1, 0.15) is 6.67 Å². The average Bonchev–Trinajstić information content (AvgIpc) is 2.04. The van der Waals surface area contributed by atoms with Crippen LogP contribution in [0.15, 0.2) is 29.3 Å². The molecule has 0 saturated carbocycles. The van der Waals surface area contributed by atoms with Gasteiger partial charge in [0, 0.05) is 11.4 Å². The first-order valence-electron chi connectivity index (χ1n) is 3.43. The zero-order chi connectivity index (χ0) is 7.68. The summed E-state index contributed by atoms with van der Waals surface area (Å²) in [6, 6.07) is 7.70. The van der Waals surface area contributed by atoms with Crippen LogP contribution in [0.1, 0.15) is 0 Å². The van der Waals surface area contributed by atoms with E-state index in [9.17, 15) is 0 Å². The molecule has 0 atom stereocenters. The van der Waals surface area contributed by atoms with Crippen LogP contribution in [0.2, 0.25) is 0 Å². The Bertz CT molecular complexity index is 377. The lowest BCUT2D eigenvalue weighted by molar-refractivity contribution is -0.0199. The van der Waals surface area contributed by atoms with Crippen molar-refractivity contribution in [2.24, 2.45) is 4.99 Å². The van der Waals surface area contributed by atoms with Gasteiger partial charge in [-0.3, -0.25) is 10.2 Å². The van der Waals surface area contributed by atoms with Crippen molar-refractivity contribution < 1.29 is 5.21 Å². The van der Waals surface area contributed by atoms with E-state index in [1.165, 1.54) is 0 Å². The van der Waals surface area contributed by atoms with E-state index in [0.29, 0.717) is 6.67 Å². The van der Waals surface area contributed by atoms with Crippen LogP contribution in [0.4, 0.5) is 0 Å². The second kappa shape index (κ2) is 3.69. The molecular weight excluding hydrogens is 220 g/mol. The number of nitrogens with zero attached hydrogens (tertiary/aromatic N) is 2. The van der Waals surface area contributed by atoms with E-state index in [1.807, 2.05) is 24.3 Å². The summed E-state index contributed by atoms with van der Waals surface area (Å²) in [7, 11) is 0. The summed E-state index contributed by atoms with van der Waals surface area (Å²) in [4.78, 5) is 4.12. The Labute approximate surface area is 80.4 Å². The summed E-state index contributed by atoms with van der Waals surface area (Å²) in [6.07, 6.45) is 1.67. The number of benzene rings is 1. The number of hydrogen-bond donors (Lipinski definition) is 1. The van der Waals surface area contributed by atoms with Crippen LogP contribution < -0.4 is 10.6 Å². The summed E-state index contributed by atoms with van der Waals surface area (Å²) < 4.78 is 0. The zero-order valence-electron chi connectivity index (χ0n) is 6.34. The molecule has 0 radical (unpaired) electrons. The molecule has 3 nitrogen and oxygen atoms in total. The molecule has 12 heavy (non-hydrogen) atoms. The van der Waals surface area contributed by atoms with Gasteiger partial charge in [-0.05, 0) is 6.07 Å². The number of halogens is 1. The summed E-state index contributed by atoms with van der Waals surface area (Å²) >= 11 is 0. The van der Waals surface area contributed by atoms with Crippen LogP contribution in [0.3, 0.4) is 0 Å². The maximum atomic E-state index is 9.04. The van der Waals surface area contributed by atoms with Gasteiger partial charge in [-0.1, -0.05) is 18.2 Å². The van der Waals surface area contributed by atoms with Crippen molar-refractivity contribution in [2.45, 2.75) is 0 Å². The highest BCUT2D eigenvalue weighted by molar-refractivity contribution is 8.93. The Kier molecular flexibility index (Phi) is 2.83. The van der Waals surface area contributed by atoms with Crippen LogP contribution in [-0.4, -0.2) is 16.9 Å². The maximum Gasteiger partial charge on any atom is 0.135 e. The van der Waals surface area contributed by atoms with Gasteiger partial charge in [-0.15, -0.1) is 17.0 Å². The van der Waals surface area contributed by atoms with Gasteiger partial charge in [0.25, 0.3) is 0 Å². The lowest BCUT2D eigenvalue weighted by Crippen LogP contribution is -2.34. The predicted octanol–water partition coefficient (Wildman–Crippen LogP) is 0.284. The van der Waals surface area contributed by atoms with Crippen molar-refractivity contribution in [3.63, 3.8) is 0 Å². The highest BCUT2D eigenvalue weighted by Gasteiger charge is 1.96. The van der Waals surface area contributed by atoms with E-state index in [1.54, 1.807) is 6.20 Å². The standard InChI is InChI=1S/C8H8N2O.BrH/c11-10-5-7-3-1-2-4-8(7)9-6-10;/h1-5,11H,6H2;1H. The minimum atomic E-state index is 0. The maximum absolute atomic E-state index is 9.04. The van der Waals surface area contributed by atoms with Crippen LogP contribution in [0, 0.1) is 0 Å². The van der Waals surface area contributed by atoms with Gasteiger partial charge >= 0.3 is 0 Å². The monoisotopic (exact) mass is 228 g/mol. The van der Waals surface area contributed by atoms with Crippen molar-refractivity contribution in [1.82, 2.24) is 5.06 Å². The first kappa shape index (κ1) is 9.22. The number of rotatable bonds is 0. The van der Waals surface area contributed by atoms with Gasteiger partial charge in [0.05, 0.1) is 5.36 Å². The van der Waals surface area contributed by atoms with Gasteiger partial charge in [-0.2, -0.15) is 0 Å². The minimum Gasteiger partial charge on any atom is -0.287 e. The van der Waals surface area contributed by atoms with E-state index in [4.69, 9.17) is 5.21 Å². The molecule has 0 saturated heterocycles. The second-order valence-corrected chi connectivity index (χ2v) is 2.43. The SMILES string of the molecule is Br.ON1C=c2ccccc2=NC1. The molecule has 1 aromatic rings. The molecule has 1 aromatic carbocycles. The lowest BCUT2D eigenvalue weighted by Gasteiger charge is -2.10.